The van der Waals surface area contributed by atoms with E-state index in [0.717, 1.165) is 11.3 Å². The molecule has 0 saturated carbocycles. The Hall–Kier alpha value is -3.00. The molecule has 0 spiro atoms. The summed E-state index contributed by atoms with van der Waals surface area (Å²) in [6.45, 7) is 5.41. The largest absolute Gasteiger partial charge is 0.444 e. The van der Waals surface area contributed by atoms with Crippen LogP contribution in [0, 0.1) is 12.0 Å². The van der Waals surface area contributed by atoms with Crippen LogP contribution in [-0.2, 0) is 4.74 Å². The molecule has 1 amide bonds. The van der Waals surface area contributed by atoms with E-state index < -0.39 is 11.7 Å². The van der Waals surface area contributed by atoms with Crippen molar-refractivity contribution in [2.45, 2.75) is 26.4 Å². The van der Waals surface area contributed by atoms with Gasteiger partial charge >= 0.3 is 6.09 Å². The number of carbonyl (C=O) groups is 1. The molecule has 0 radical (unpaired) electrons. The SMILES string of the molecule is CC(C)(C)OC(=O)Nc1ccc(-c2ccccn2)cc1C#CN. The van der Waals surface area contributed by atoms with Crippen molar-refractivity contribution < 1.29 is 9.53 Å². The minimum atomic E-state index is -0.572. The molecule has 0 atom stereocenters. The summed E-state index contributed by atoms with van der Waals surface area (Å²) in [5.74, 6) is 2.78. The summed E-state index contributed by atoms with van der Waals surface area (Å²) in [4.78, 5) is 16.2. The highest BCUT2D eigenvalue weighted by atomic mass is 16.6. The van der Waals surface area contributed by atoms with Crippen LogP contribution >= 0.6 is 0 Å². The molecule has 0 fully saturated rings. The molecule has 2 rings (SSSR count). The molecule has 0 bridgehead atoms. The van der Waals surface area contributed by atoms with Crippen molar-refractivity contribution in [3.05, 3.63) is 48.2 Å². The number of carbonyl (C=O) groups excluding carboxylic acids is 1. The zero-order valence-corrected chi connectivity index (χ0v) is 13.4. The zero-order chi connectivity index (χ0) is 16.9. The maximum atomic E-state index is 11.9. The van der Waals surface area contributed by atoms with Crippen LogP contribution in [0.2, 0.25) is 0 Å². The van der Waals surface area contributed by atoms with E-state index in [2.05, 4.69) is 22.3 Å². The van der Waals surface area contributed by atoms with E-state index >= 15 is 0 Å². The molecule has 1 heterocycles. The maximum absolute atomic E-state index is 11.9. The first-order valence-corrected chi connectivity index (χ1v) is 7.16. The predicted octanol–water partition coefficient (Wildman–Crippen LogP) is 3.36. The van der Waals surface area contributed by atoms with Gasteiger partial charge in [-0.2, -0.15) is 0 Å². The van der Waals surface area contributed by atoms with Crippen LogP contribution in [0.1, 0.15) is 26.3 Å². The Bertz CT molecular complexity index is 753. The van der Waals surface area contributed by atoms with Crippen LogP contribution in [-0.4, -0.2) is 16.7 Å². The number of anilines is 1. The van der Waals surface area contributed by atoms with Crippen molar-refractivity contribution in [1.82, 2.24) is 4.98 Å². The number of nitrogens with one attached hydrogen (secondary N) is 1. The molecule has 0 saturated heterocycles. The average molecular weight is 309 g/mol. The minimum Gasteiger partial charge on any atom is -0.444 e. The lowest BCUT2D eigenvalue weighted by Crippen LogP contribution is -2.27. The van der Waals surface area contributed by atoms with Gasteiger partial charge in [-0.15, -0.1) is 0 Å². The van der Waals surface area contributed by atoms with Gasteiger partial charge in [0.25, 0.3) is 0 Å². The first-order chi connectivity index (χ1) is 10.9. The van der Waals surface area contributed by atoms with Gasteiger partial charge in [0.2, 0.25) is 0 Å². The van der Waals surface area contributed by atoms with Gasteiger partial charge in [0.1, 0.15) is 5.60 Å². The second-order valence-electron chi connectivity index (χ2n) is 5.87. The van der Waals surface area contributed by atoms with E-state index in [-0.39, 0.29) is 0 Å². The van der Waals surface area contributed by atoms with Crippen molar-refractivity contribution in [2.24, 2.45) is 5.73 Å². The van der Waals surface area contributed by atoms with Crippen molar-refractivity contribution in [3.8, 4) is 23.2 Å². The topological polar surface area (TPSA) is 77.2 Å². The van der Waals surface area contributed by atoms with Gasteiger partial charge in [-0.3, -0.25) is 10.3 Å². The Morgan fingerprint density at radius 1 is 1.26 bits per heavy atom. The molecular formula is C18H19N3O2. The van der Waals surface area contributed by atoms with Gasteiger partial charge in [-0.25, -0.2) is 4.79 Å². The first-order valence-electron chi connectivity index (χ1n) is 7.16. The lowest BCUT2D eigenvalue weighted by molar-refractivity contribution is 0.0636. The number of pyridine rings is 1. The van der Waals surface area contributed by atoms with Gasteiger partial charge in [-0.05, 0) is 51.0 Å². The minimum absolute atomic E-state index is 0.539. The highest BCUT2D eigenvalue weighted by Crippen LogP contribution is 2.24. The number of aromatic nitrogens is 1. The summed E-state index contributed by atoms with van der Waals surface area (Å²) in [5, 5.41) is 2.69. The van der Waals surface area contributed by atoms with Crippen LogP contribution in [0.5, 0.6) is 0 Å². The lowest BCUT2D eigenvalue weighted by atomic mass is 10.1. The fourth-order valence-corrected chi connectivity index (χ4v) is 1.94. The Morgan fingerprint density at radius 2 is 2.04 bits per heavy atom. The van der Waals surface area contributed by atoms with Gasteiger partial charge in [0.05, 0.1) is 16.9 Å². The number of hydrogen-bond donors (Lipinski definition) is 2. The number of nitrogens with two attached hydrogens (primary N) is 1. The fraction of sp³-hybridized carbons (Fsp3) is 0.222. The Balaban J connectivity index is 2.30. The number of rotatable bonds is 2. The van der Waals surface area contributed by atoms with E-state index in [0.29, 0.717) is 11.3 Å². The summed E-state index contributed by atoms with van der Waals surface area (Å²) < 4.78 is 5.25. The van der Waals surface area contributed by atoms with Gasteiger partial charge < -0.3 is 10.5 Å². The first kappa shape index (κ1) is 16.4. The number of amides is 1. The Labute approximate surface area is 135 Å². The normalized spacial score (nSPS) is 10.4. The molecule has 0 aliphatic carbocycles. The highest BCUT2D eigenvalue weighted by Gasteiger charge is 2.17. The van der Waals surface area contributed by atoms with Gasteiger partial charge in [-0.1, -0.05) is 12.1 Å². The maximum Gasteiger partial charge on any atom is 0.412 e. The molecule has 2 aromatic rings. The quantitative estimate of drug-likeness (QED) is 0.658. The van der Waals surface area contributed by atoms with Crippen molar-refractivity contribution >= 4 is 11.8 Å². The molecule has 5 heteroatoms. The van der Waals surface area contributed by atoms with E-state index in [1.807, 2.05) is 30.3 Å². The van der Waals surface area contributed by atoms with Crippen molar-refractivity contribution in [1.29, 1.82) is 0 Å². The molecule has 118 valence electrons. The van der Waals surface area contributed by atoms with Crippen LogP contribution < -0.4 is 11.1 Å². The molecule has 1 aromatic carbocycles. The average Bonchev–Trinajstić information content (AvgIpc) is 2.48. The third-order valence-corrected chi connectivity index (χ3v) is 2.82. The van der Waals surface area contributed by atoms with Crippen LogP contribution in [0.3, 0.4) is 0 Å². The number of ether oxygens (including phenoxy) is 1. The second kappa shape index (κ2) is 6.84. The third kappa shape index (κ3) is 4.75. The molecule has 0 aliphatic heterocycles. The summed E-state index contributed by atoms with van der Waals surface area (Å²) in [6.07, 6.45) is 1.18. The summed E-state index contributed by atoms with van der Waals surface area (Å²) >= 11 is 0. The molecule has 3 N–H and O–H groups in total. The number of benzene rings is 1. The smallest absolute Gasteiger partial charge is 0.412 e. The third-order valence-electron chi connectivity index (χ3n) is 2.82. The van der Waals surface area contributed by atoms with Gasteiger partial charge in [0.15, 0.2) is 0 Å². The molecular weight excluding hydrogens is 290 g/mol. The van der Waals surface area contributed by atoms with Crippen LogP contribution in [0.25, 0.3) is 11.3 Å². The molecule has 0 aliphatic rings. The van der Waals surface area contributed by atoms with Crippen LogP contribution in [0.4, 0.5) is 10.5 Å². The second-order valence-corrected chi connectivity index (χ2v) is 5.87. The van der Waals surface area contributed by atoms with Crippen molar-refractivity contribution in [3.63, 3.8) is 0 Å². The zero-order valence-electron chi connectivity index (χ0n) is 13.4. The standard InChI is InChI=1S/C18H19N3O2/c1-18(2,3)23-17(22)21-16-8-7-13(12-14(16)9-10-19)15-6-4-5-11-20-15/h4-8,11-12H,19H2,1-3H3,(H,21,22). The summed E-state index contributed by atoms with van der Waals surface area (Å²) in [5.41, 5.74) is 7.60. The van der Waals surface area contributed by atoms with E-state index in [1.165, 1.54) is 0 Å². The Morgan fingerprint density at radius 3 is 2.65 bits per heavy atom. The Kier molecular flexibility index (Phi) is 4.87. The molecule has 5 nitrogen and oxygen atoms in total. The summed E-state index contributed by atoms with van der Waals surface area (Å²) in [6, 6.07) is 13.5. The van der Waals surface area contributed by atoms with Gasteiger partial charge in [0, 0.05) is 17.8 Å². The fourth-order valence-electron chi connectivity index (χ4n) is 1.94. The molecule has 0 unspecified atom stereocenters. The van der Waals surface area contributed by atoms with E-state index in [1.54, 1.807) is 33.0 Å². The number of nitrogens with zero attached hydrogens (tertiary/aromatic N) is 1. The monoisotopic (exact) mass is 309 g/mol. The molecule has 1 aromatic heterocycles. The van der Waals surface area contributed by atoms with E-state index in [4.69, 9.17) is 10.5 Å². The lowest BCUT2D eigenvalue weighted by Gasteiger charge is -2.20. The molecule has 23 heavy (non-hydrogen) atoms. The predicted molar refractivity (Wildman–Crippen MR) is 90.6 cm³/mol. The highest BCUT2D eigenvalue weighted by molar-refractivity contribution is 5.87. The van der Waals surface area contributed by atoms with Crippen molar-refractivity contribution in [2.75, 3.05) is 5.32 Å². The van der Waals surface area contributed by atoms with E-state index in [9.17, 15) is 4.79 Å². The van der Waals surface area contributed by atoms with Crippen LogP contribution in [0.15, 0.2) is 42.6 Å². The number of hydrogen-bond acceptors (Lipinski definition) is 4. The summed E-state index contributed by atoms with van der Waals surface area (Å²) in [7, 11) is 0.